The van der Waals surface area contributed by atoms with Crippen LogP contribution in [0.3, 0.4) is 0 Å². The van der Waals surface area contributed by atoms with Gasteiger partial charge in [0.1, 0.15) is 5.78 Å². The molecule has 0 spiro atoms. The van der Waals surface area contributed by atoms with Crippen molar-refractivity contribution in [2.45, 2.75) is 194 Å². The molecule has 2 aromatic rings. The fourth-order valence-electron chi connectivity index (χ4n) is 6.02. The summed E-state index contributed by atoms with van der Waals surface area (Å²) < 4.78 is 0. The predicted octanol–water partition coefficient (Wildman–Crippen LogP) is 14.1. The van der Waals surface area contributed by atoms with E-state index in [1.807, 2.05) is 48.5 Å². The Hall–Kier alpha value is -1.44. The average Bonchev–Trinajstić information content (AvgIpc) is 3.78. The van der Waals surface area contributed by atoms with Crippen molar-refractivity contribution in [3.05, 3.63) is 59.7 Å². The van der Waals surface area contributed by atoms with Crippen molar-refractivity contribution in [3.8, 4) is 0 Å². The largest absolute Gasteiger partial charge is 0.718 e. The average molecular weight is 663 g/mol. The van der Waals surface area contributed by atoms with Crippen molar-refractivity contribution >= 4 is 11.6 Å². The van der Waals surface area contributed by atoms with Gasteiger partial charge in [-0.05, 0) is 12.8 Å². The Bertz CT molecular complexity index is 779. The molecule has 0 bridgehead atoms. The minimum atomic E-state index is 0. The molecule has 264 valence electrons. The number of carbonyl (C=O) groups is 2. The zero-order chi connectivity index (χ0) is 31.8. The fraction of sp³-hybridized carbons (Fsp3) is 0.714. The van der Waals surface area contributed by atoms with E-state index >= 15 is 0 Å². The van der Waals surface area contributed by atoms with Crippen molar-refractivity contribution in [3.63, 3.8) is 0 Å². The molecule has 3 heteroatoms. The fourth-order valence-corrected chi connectivity index (χ4v) is 6.02. The van der Waals surface area contributed by atoms with Crippen molar-refractivity contribution in [2.75, 3.05) is 0 Å². The second-order valence-electron chi connectivity index (χ2n) is 13.2. The monoisotopic (exact) mass is 662 g/mol. The minimum Gasteiger partial charge on any atom is -0.718 e. The van der Waals surface area contributed by atoms with E-state index in [0.29, 0.717) is 11.6 Å². The SMILES string of the molecule is CCCCCCCCCCCCCCCC(=O)[c-]1[cH-][cH-][cH-][cH-]1.CCCCCCCCCCCCCCCC(=O)[c-]1cccc1.[Fe]. The van der Waals surface area contributed by atoms with Gasteiger partial charge >= 0.3 is 0 Å². The summed E-state index contributed by atoms with van der Waals surface area (Å²) in [6.07, 6.45) is 36.6. The van der Waals surface area contributed by atoms with E-state index in [-0.39, 0.29) is 17.1 Å². The second kappa shape index (κ2) is 33.9. The maximum absolute atomic E-state index is 11.8. The Morgan fingerprint density at radius 3 is 1.07 bits per heavy atom. The van der Waals surface area contributed by atoms with Crippen LogP contribution in [0.2, 0.25) is 0 Å². The minimum absolute atomic E-state index is 0. The van der Waals surface area contributed by atoms with Gasteiger partial charge in [0, 0.05) is 17.1 Å². The molecule has 2 rings (SSSR count). The molecule has 0 aliphatic carbocycles. The van der Waals surface area contributed by atoms with Gasteiger partial charge < -0.3 is 39.4 Å². The third-order valence-corrected chi connectivity index (χ3v) is 8.98. The second-order valence-corrected chi connectivity index (χ2v) is 13.2. The Morgan fingerprint density at radius 2 is 0.733 bits per heavy atom. The Balaban J connectivity index is 0.000000842. The summed E-state index contributed by atoms with van der Waals surface area (Å²) in [6.45, 7) is 4.55. The van der Waals surface area contributed by atoms with Crippen LogP contribution < -0.4 is 0 Å². The number of unbranched alkanes of at least 4 members (excludes halogenated alkanes) is 24. The van der Waals surface area contributed by atoms with E-state index in [4.69, 9.17) is 0 Å². The van der Waals surface area contributed by atoms with Gasteiger partial charge in [0.05, 0.1) is 0 Å². The predicted molar refractivity (Wildman–Crippen MR) is 193 cm³/mol. The van der Waals surface area contributed by atoms with Crippen LogP contribution in [0.5, 0.6) is 0 Å². The van der Waals surface area contributed by atoms with Crippen molar-refractivity contribution in [1.29, 1.82) is 0 Å². The van der Waals surface area contributed by atoms with Gasteiger partial charge in [-0.25, -0.2) is 12.1 Å². The third kappa shape index (κ3) is 27.4. The summed E-state index contributed by atoms with van der Waals surface area (Å²) in [7, 11) is 0. The molecule has 0 aliphatic rings. The van der Waals surface area contributed by atoms with E-state index < -0.39 is 0 Å². The van der Waals surface area contributed by atoms with Gasteiger partial charge in [-0.2, -0.15) is 12.1 Å². The van der Waals surface area contributed by atoms with Crippen molar-refractivity contribution in [2.24, 2.45) is 0 Å². The molecular formula is C42H70FeO2-6. The Morgan fingerprint density at radius 1 is 0.444 bits per heavy atom. The molecule has 0 N–H and O–H groups in total. The summed E-state index contributed by atoms with van der Waals surface area (Å²) in [4.78, 5) is 23.6. The van der Waals surface area contributed by atoms with E-state index in [1.54, 1.807) is 0 Å². The third-order valence-electron chi connectivity index (χ3n) is 8.98. The standard InChI is InChI=1S/2C21H35O.Fe/c2*1-2-3-4-5-6-7-8-9-10-11-12-13-14-19-21(22)20-17-15-16-18-20;/h2*15-18H,2-14,19H2,1H3;/q-5;-1;. The first-order valence-electron chi connectivity index (χ1n) is 19.2. The quantitative estimate of drug-likeness (QED) is 0.0361. The molecule has 45 heavy (non-hydrogen) atoms. The molecule has 0 radical (unpaired) electrons. The zero-order valence-electron chi connectivity index (χ0n) is 29.6. The van der Waals surface area contributed by atoms with E-state index in [0.717, 1.165) is 36.8 Å². The van der Waals surface area contributed by atoms with Crippen LogP contribution in [0.25, 0.3) is 0 Å². The van der Waals surface area contributed by atoms with Crippen LogP contribution >= 0.6 is 0 Å². The molecule has 0 aromatic heterocycles. The van der Waals surface area contributed by atoms with Gasteiger partial charge in [-0.15, -0.1) is 6.42 Å². The first kappa shape index (κ1) is 43.6. The Kier molecular flexibility index (Phi) is 32.8. The van der Waals surface area contributed by atoms with Crippen LogP contribution in [0.1, 0.15) is 214 Å². The molecule has 0 aliphatic heterocycles. The van der Waals surface area contributed by atoms with Gasteiger partial charge in [-0.1, -0.05) is 180 Å². The van der Waals surface area contributed by atoms with Gasteiger partial charge in [-0.3, -0.25) is 5.78 Å². The maximum Gasteiger partial charge on any atom is 0.108 e. The molecule has 0 saturated heterocycles. The first-order valence-corrected chi connectivity index (χ1v) is 19.2. The van der Waals surface area contributed by atoms with Gasteiger partial charge in [0.15, 0.2) is 0 Å². The summed E-state index contributed by atoms with van der Waals surface area (Å²) in [5.41, 5.74) is 1.78. The van der Waals surface area contributed by atoms with Gasteiger partial charge in [0.2, 0.25) is 0 Å². The molecule has 0 saturated carbocycles. The number of hydrogen-bond donors (Lipinski definition) is 0. The van der Waals surface area contributed by atoms with Crippen LogP contribution in [-0.2, 0) is 17.1 Å². The normalized spacial score (nSPS) is 10.7. The van der Waals surface area contributed by atoms with E-state index in [1.165, 1.54) is 154 Å². The first-order chi connectivity index (χ1) is 21.7. The zero-order valence-corrected chi connectivity index (χ0v) is 30.7. The molecule has 0 atom stereocenters. The molecular weight excluding hydrogens is 592 g/mol. The van der Waals surface area contributed by atoms with Crippen LogP contribution in [0.15, 0.2) is 48.5 Å². The molecule has 0 fully saturated rings. The van der Waals surface area contributed by atoms with Crippen LogP contribution in [0, 0.1) is 0 Å². The molecule has 0 amide bonds. The number of Topliss-reactive ketones (excluding diaryl/α,β-unsaturated/α-hetero) is 2. The number of carbonyl (C=O) groups excluding carboxylic acids is 2. The summed E-state index contributed by atoms with van der Waals surface area (Å²) in [5, 5.41) is 0. The summed E-state index contributed by atoms with van der Waals surface area (Å²) in [6, 6.07) is 15.5. The van der Waals surface area contributed by atoms with E-state index in [2.05, 4.69) is 13.8 Å². The molecule has 2 aromatic carbocycles. The molecule has 0 unspecified atom stereocenters. The molecule has 0 heterocycles. The summed E-state index contributed by atoms with van der Waals surface area (Å²) in [5.74, 6) is 0.626. The maximum atomic E-state index is 11.8. The summed E-state index contributed by atoms with van der Waals surface area (Å²) >= 11 is 0. The smallest absolute Gasteiger partial charge is 0.108 e. The van der Waals surface area contributed by atoms with Crippen LogP contribution in [-0.4, -0.2) is 11.6 Å². The number of rotatable bonds is 30. The topological polar surface area (TPSA) is 34.1 Å². The van der Waals surface area contributed by atoms with Crippen molar-refractivity contribution < 1.29 is 26.7 Å². The number of ketones is 2. The van der Waals surface area contributed by atoms with Crippen LogP contribution in [0.4, 0.5) is 0 Å². The molecule has 2 nitrogen and oxygen atoms in total. The number of hydrogen-bond acceptors (Lipinski definition) is 2. The Labute approximate surface area is 290 Å². The van der Waals surface area contributed by atoms with Gasteiger partial charge in [0.25, 0.3) is 0 Å². The van der Waals surface area contributed by atoms with Crippen molar-refractivity contribution in [1.82, 2.24) is 0 Å². The van der Waals surface area contributed by atoms with E-state index in [9.17, 15) is 9.59 Å².